The van der Waals surface area contributed by atoms with Crippen LogP contribution < -0.4 is 5.32 Å². The Kier molecular flexibility index (Phi) is 3.84. The molecule has 0 atom stereocenters. The molecule has 0 aromatic carbocycles. The zero-order chi connectivity index (χ0) is 14.0. The fourth-order valence-electron chi connectivity index (χ4n) is 1.81. The number of carbonyl (C=O) groups is 1. The molecule has 1 aliphatic rings. The van der Waals surface area contributed by atoms with Gasteiger partial charge in [0.1, 0.15) is 11.1 Å². The molecule has 0 spiro atoms. The third-order valence-electron chi connectivity index (χ3n) is 2.79. The monoisotopic (exact) mass is 260 g/mol. The zero-order valence-electron chi connectivity index (χ0n) is 10.8. The summed E-state index contributed by atoms with van der Waals surface area (Å²) in [5.41, 5.74) is -1.91. The molecule has 1 amide bonds. The number of alkyl carbamates (subject to hydrolysis) is 1. The van der Waals surface area contributed by atoms with E-state index in [-0.39, 0.29) is 12.8 Å². The second-order valence-electron chi connectivity index (χ2n) is 5.68. The predicted octanol–water partition coefficient (Wildman–Crippen LogP) is 2.98. The van der Waals surface area contributed by atoms with E-state index in [4.69, 9.17) is 10.00 Å². The number of ether oxygens (including phenoxy) is 1. The molecule has 0 aliphatic heterocycles. The van der Waals surface area contributed by atoms with Crippen LogP contribution in [0.4, 0.5) is 13.6 Å². The summed E-state index contributed by atoms with van der Waals surface area (Å²) in [4.78, 5) is 11.6. The zero-order valence-corrected chi connectivity index (χ0v) is 10.8. The minimum atomic E-state index is -2.74. The minimum Gasteiger partial charge on any atom is -0.444 e. The number of alkyl halides is 2. The summed E-state index contributed by atoms with van der Waals surface area (Å²) in [6, 6.07) is 1.93. The van der Waals surface area contributed by atoms with Crippen LogP contribution in [0.3, 0.4) is 0 Å². The van der Waals surface area contributed by atoms with E-state index >= 15 is 0 Å². The fourth-order valence-corrected chi connectivity index (χ4v) is 1.81. The van der Waals surface area contributed by atoms with Crippen molar-refractivity contribution in [3.05, 3.63) is 0 Å². The second kappa shape index (κ2) is 4.71. The van der Waals surface area contributed by atoms with Crippen molar-refractivity contribution in [3.63, 3.8) is 0 Å². The number of nitrogens with one attached hydrogen (secondary N) is 1. The maximum atomic E-state index is 13.0. The Morgan fingerprint density at radius 1 is 1.28 bits per heavy atom. The van der Waals surface area contributed by atoms with Gasteiger partial charge in [-0.25, -0.2) is 13.6 Å². The third-order valence-corrected chi connectivity index (χ3v) is 2.79. The van der Waals surface area contributed by atoms with Crippen molar-refractivity contribution >= 4 is 6.09 Å². The first-order valence-electron chi connectivity index (χ1n) is 5.88. The SMILES string of the molecule is CC(C)(C)OC(=O)NC1(C#N)CCC(F)(F)CC1. The van der Waals surface area contributed by atoms with Crippen molar-refractivity contribution in [1.82, 2.24) is 5.32 Å². The van der Waals surface area contributed by atoms with Crippen LogP contribution in [0.5, 0.6) is 0 Å². The average Bonchev–Trinajstić information content (AvgIpc) is 2.19. The molecule has 0 heterocycles. The van der Waals surface area contributed by atoms with E-state index in [1.165, 1.54) is 0 Å². The Labute approximate surface area is 105 Å². The van der Waals surface area contributed by atoms with E-state index in [9.17, 15) is 13.6 Å². The summed E-state index contributed by atoms with van der Waals surface area (Å²) in [5, 5.41) is 11.5. The van der Waals surface area contributed by atoms with Crippen molar-refractivity contribution in [2.75, 3.05) is 0 Å². The third kappa shape index (κ3) is 4.13. The lowest BCUT2D eigenvalue weighted by atomic mass is 9.81. The molecule has 0 radical (unpaired) electrons. The molecule has 0 saturated heterocycles. The molecule has 18 heavy (non-hydrogen) atoms. The molecule has 102 valence electrons. The van der Waals surface area contributed by atoms with Crippen LogP contribution in [0, 0.1) is 11.3 Å². The molecule has 1 saturated carbocycles. The summed E-state index contributed by atoms with van der Waals surface area (Å²) in [6.45, 7) is 5.09. The van der Waals surface area contributed by atoms with Gasteiger partial charge in [-0.2, -0.15) is 5.26 Å². The summed E-state index contributed by atoms with van der Waals surface area (Å²) in [7, 11) is 0. The number of hydrogen-bond donors (Lipinski definition) is 1. The predicted molar refractivity (Wildman–Crippen MR) is 61.1 cm³/mol. The molecular weight excluding hydrogens is 242 g/mol. The number of halogens is 2. The Morgan fingerprint density at radius 2 is 1.78 bits per heavy atom. The summed E-state index contributed by atoms with van der Waals surface area (Å²) < 4.78 is 31.1. The van der Waals surface area contributed by atoms with Crippen molar-refractivity contribution in [2.24, 2.45) is 0 Å². The molecule has 0 aromatic heterocycles. The van der Waals surface area contributed by atoms with Crippen LogP contribution in [-0.4, -0.2) is 23.2 Å². The highest BCUT2D eigenvalue weighted by molar-refractivity contribution is 5.69. The lowest BCUT2D eigenvalue weighted by Gasteiger charge is -2.35. The van der Waals surface area contributed by atoms with Crippen molar-refractivity contribution < 1.29 is 18.3 Å². The van der Waals surface area contributed by atoms with E-state index in [2.05, 4.69) is 5.32 Å². The Hall–Kier alpha value is -1.38. The van der Waals surface area contributed by atoms with Crippen LogP contribution in [0.2, 0.25) is 0 Å². The van der Waals surface area contributed by atoms with Crippen LogP contribution in [-0.2, 0) is 4.74 Å². The van der Waals surface area contributed by atoms with Crippen molar-refractivity contribution in [3.8, 4) is 6.07 Å². The highest BCUT2D eigenvalue weighted by Gasteiger charge is 2.45. The van der Waals surface area contributed by atoms with Crippen molar-refractivity contribution in [2.45, 2.75) is 63.5 Å². The summed E-state index contributed by atoms with van der Waals surface area (Å²) >= 11 is 0. The van der Waals surface area contributed by atoms with Gasteiger partial charge in [0.2, 0.25) is 5.92 Å². The molecule has 0 aromatic rings. The van der Waals surface area contributed by atoms with Gasteiger partial charge in [-0.15, -0.1) is 0 Å². The minimum absolute atomic E-state index is 0.0598. The normalized spacial score (nSPS) is 21.8. The highest BCUT2D eigenvalue weighted by atomic mass is 19.3. The molecule has 0 unspecified atom stereocenters. The number of rotatable bonds is 1. The number of carbonyl (C=O) groups excluding carboxylic acids is 1. The molecule has 1 N–H and O–H groups in total. The first-order chi connectivity index (χ1) is 8.08. The second-order valence-corrected chi connectivity index (χ2v) is 5.68. The summed E-state index contributed by atoms with van der Waals surface area (Å²) in [5.74, 6) is -2.74. The number of amides is 1. The molecule has 1 aliphatic carbocycles. The topological polar surface area (TPSA) is 62.1 Å². The first kappa shape index (κ1) is 14.7. The standard InChI is InChI=1S/C12H18F2N2O2/c1-10(2,3)18-9(17)16-11(8-15)4-6-12(13,14)7-5-11/h4-7H2,1-3H3,(H,16,17). The molecule has 1 fully saturated rings. The van der Waals surface area contributed by atoms with Gasteiger partial charge >= 0.3 is 6.09 Å². The van der Waals surface area contributed by atoms with Gasteiger partial charge in [-0.3, -0.25) is 0 Å². The quantitative estimate of drug-likeness (QED) is 0.788. The van der Waals surface area contributed by atoms with Gasteiger partial charge in [0.15, 0.2) is 0 Å². The molecule has 6 heteroatoms. The van der Waals surface area contributed by atoms with Crippen LogP contribution in [0.25, 0.3) is 0 Å². The largest absolute Gasteiger partial charge is 0.444 e. The average molecular weight is 260 g/mol. The van der Waals surface area contributed by atoms with Gasteiger partial charge in [-0.1, -0.05) is 0 Å². The Bertz CT molecular complexity index is 359. The molecule has 1 rings (SSSR count). The van der Waals surface area contributed by atoms with Gasteiger partial charge in [0.05, 0.1) is 6.07 Å². The number of nitrogens with zero attached hydrogens (tertiary/aromatic N) is 1. The van der Waals surface area contributed by atoms with Gasteiger partial charge in [0, 0.05) is 12.8 Å². The Balaban J connectivity index is 2.64. The van der Waals surface area contributed by atoms with E-state index in [0.717, 1.165) is 0 Å². The molecule has 0 bridgehead atoms. The fraction of sp³-hybridized carbons (Fsp3) is 0.833. The van der Waals surface area contributed by atoms with Gasteiger partial charge < -0.3 is 10.1 Å². The lowest BCUT2D eigenvalue weighted by Crippen LogP contribution is -2.52. The first-order valence-corrected chi connectivity index (χ1v) is 5.88. The maximum absolute atomic E-state index is 13.0. The van der Waals surface area contributed by atoms with Crippen LogP contribution >= 0.6 is 0 Å². The van der Waals surface area contributed by atoms with Crippen LogP contribution in [0.1, 0.15) is 46.5 Å². The summed E-state index contributed by atoms with van der Waals surface area (Å²) in [6.07, 6.45) is -1.65. The van der Waals surface area contributed by atoms with E-state index in [0.29, 0.717) is 0 Å². The van der Waals surface area contributed by atoms with E-state index in [1.54, 1.807) is 20.8 Å². The van der Waals surface area contributed by atoms with E-state index < -0.39 is 36.0 Å². The smallest absolute Gasteiger partial charge is 0.408 e. The van der Waals surface area contributed by atoms with Crippen molar-refractivity contribution in [1.29, 1.82) is 5.26 Å². The highest BCUT2D eigenvalue weighted by Crippen LogP contribution is 2.38. The van der Waals surface area contributed by atoms with Crippen LogP contribution in [0.15, 0.2) is 0 Å². The van der Waals surface area contributed by atoms with Gasteiger partial charge in [-0.05, 0) is 33.6 Å². The number of nitriles is 1. The number of hydrogen-bond acceptors (Lipinski definition) is 3. The molecular formula is C12H18F2N2O2. The lowest BCUT2D eigenvalue weighted by molar-refractivity contribution is -0.0494. The van der Waals surface area contributed by atoms with E-state index in [1.807, 2.05) is 6.07 Å². The molecule has 4 nitrogen and oxygen atoms in total. The van der Waals surface area contributed by atoms with Gasteiger partial charge in [0.25, 0.3) is 0 Å². The maximum Gasteiger partial charge on any atom is 0.408 e. The Morgan fingerprint density at radius 3 is 2.17 bits per heavy atom.